The van der Waals surface area contributed by atoms with Crippen LogP contribution in [0.25, 0.3) is 0 Å². The monoisotopic (exact) mass is 245 g/mol. The van der Waals surface area contributed by atoms with Gasteiger partial charge in [-0.3, -0.25) is 0 Å². The Labute approximate surface area is 112 Å². The van der Waals surface area contributed by atoms with Gasteiger partial charge in [0.2, 0.25) is 0 Å². The quantitative estimate of drug-likeness (QED) is 0.737. The number of nitrogens with one attached hydrogen (secondary N) is 1. The van der Waals surface area contributed by atoms with E-state index in [9.17, 15) is 0 Å². The van der Waals surface area contributed by atoms with E-state index in [0.717, 1.165) is 13.1 Å². The first-order valence-corrected chi connectivity index (χ1v) is 6.98. The molecule has 0 radical (unpaired) electrons. The highest BCUT2D eigenvalue weighted by atomic mass is 14.8. The van der Waals surface area contributed by atoms with Gasteiger partial charge in [0.05, 0.1) is 0 Å². The Kier molecular flexibility index (Phi) is 3.82. The SMILES string of the molecule is C.CC1(C)CCc2cc3c(cc2C1)CCNCC3. The minimum Gasteiger partial charge on any atom is -0.316 e. The number of benzene rings is 1. The van der Waals surface area contributed by atoms with E-state index in [-0.39, 0.29) is 7.43 Å². The van der Waals surface area contributed by atoms with Crippen molar-refractivity contribution in [2.24, 2.45) is 5.41 Å². The molecule has 1 nitrogen and oxygen atoms in total. The van der Waals surface area contributed by atoms with Crippen molar-refractivity contribution in [1.29, 1.82) is 0 Å². The number of rotatable bonds is 0. The van der Waals surface area contributed by atoms with Crippen molar-refractivity contribution in [3.63, 3.8) is 0 Å². The highest BCUT2D eigenvalue weighted by Crippen LogP contribution is 2.36. The second-order valence-electron chi connectivity index (χ2n) is 6.48. The molecule has 1 N–H and O–H groups in total. The van der Waals surface area contributed by atoms with Gasteiger partial charge in [0.1, 0.15) is 0 Å². The van der Waals surface area contributed by atoms with E-state index < -0.39 is 0 Å². The average molecular weight is 245 g/mol. The van der Waals surface area contributed by atoms with Crippen LogP contribution in [-0.2, 0) is 25.7 Å². The van der Waals surface area contributed by atoms with Gasteiger partial charge in [0.25, 0.3) is 0 Å². The van der Waals surface area contributed by atoms with Crippen LogP contribution < -0.4 is 5.32 Å². The summed E-state index contributed by atoms with van der Waals surface area (Å²) in [7, 11) is 0. The van der Waals surface area contributed by atoms with Gasteiger partial charge in [-0.2, -0.15) is 0 Å². The molecular formula is C17H27N. The summed E-state index contributed by atoms with van der Waals surface area (Å²) in [6.45, 7) is 7.11. The molecule has 0 saturated carbocycles. The molecule has 100 valence electrons. The standard InChI is InChI=1S/C16H23N.CH4/c1-16(2)6-3-12-9-13-4-7-17-8-5-14(13)10-15(12)11-16;/h9-10,17H,3-8,11H2,1-2H3;1H4. The highest BCUT2D eigenvalue weighted by Gasteiger charge is 2.26. The van der Waals surface area contributed by atoms with Gasteiger partial charge >= 0.3 is 0 Å². The van der Waals surface area contributed by atoms with Crippen LogP contribution in [0.5, 0.6) is 0 Å². The molecule has 0 amide bonds. The van der Waals surface area contributed by atoms with Gasteiger partial charge in [0, 0.05) is 0 Å². The lowest BCUT2D eigenvalue weighted by atomic mass is 9.73. The van der Waals surface area contributed by atoms with Crippen molar-refractivity contribution in [1.82, 2.24) is 5.32 Å². The van der Waals surface area contributed by atoms with Crippen molar-refractivity contribution in [2.75, 3.05) is 13.1 Å². The lowest BCUT2D eigenvalue weighted by molar-refractivity contribution is 0.315. The molecule has 0 atom stereocenters. The fourth-order valence-corrected chi connectivity index (χ4v) is 3.30. The summed E-state index contributed by atoms with van der Waals surface area (Å²) in [6.07, 6.45) is 6.32. The van der Waals surface area contributed by atoms with Gasteiger partial charge in [-0.25, -0.2) is 0 Å². The van der Waals surface area contributed by atoms with E-state index in [1.165, 1.54) is 32.1 Å². The van der Waals surface area contributed by atoms with E-state index >= 15 is 0 Å². The van der Waals surface area contributed by atoms with Crippen LogP contribution in [0.4, 0.5) is 0 Å². The molecule has 3 rings (SSSR count). The van der Waals surface area contributed by atoms with Gasteiger partial charge in [0.15, 0.2) is 0 Å². The van der Waals surface area contributed by atoms with Crippen LogP contribution >= 0.6 is 0 Å². The maximum atomic E-state index is 3.50. The van der Waals surface area contributed by atoms with E-state index in [4.69, 9.17) is 0 Å². The molecule has 0 fully saturated rings. The Bertz CT molecular complexity index is 431. The van der Waals surface area contributed by atoms with Crippen molar-refractivity contribution >= 4 is 0 Å². The number of aryl methyl sites for hydroxylation is 1. The Morgan fingerprint density at radius 1 is 0.889 bits per heavy atom. The summed E-state index contributed by atoms with van der Waals surface area (Å²) in [4.78, 5) is 0. The molecule has 1 aliphatic heterocycles. The van der Waals surface area contributed by atoms with E-state index in [0.29, 0.717) is 5.41 Å². The fraction of sp³-hybridized carbons (Fsp3) is 0.647. The largest absolute Gasteiger partial charge is 0.316 e. The minimum atomic E-state index is 0. The summed E-state index contributed by atoms with van der Waals surface area (Å²) in [5.41, 5.74) is 6.97. The summed E-state index contributed by atoms with van der Waals surface area (Å²) in [5.74, 6) is 0. The molecule has 0 saturated heterocycles. The fourth-order valence-electron chi connectivity index (χ4n) is 3.30. The Morgan fingerprint density at radius 3 is 2.11 bits per heavy atom. The third-order valence-electron chi connectivity index (χ3n) is 4.40. The predicted octanol–water partition coefficient (Wildman–Crippen LogP) is 3.53. The van der Waals surface area contributed by atoms with Crippen molar-refractivity contribution in [2.45, 2.75) is 53.4 Å². The van der Waals surface area contributed by atoms with Gasteiger partial charge < -0.3 is 5.32 Å². The number of fused-ring (bicyclic) bond motifs is 2. The van der Waals surface area contributed by atoms with E-state index in [1.807, 2.05) is 0 Å². The lowest BCUT2D eigenvalue weighted by Gasteiger charge is -2.32. The Hall–Kier alpha value is -0.820. The number of hydrogen-bond acceptors (Lipinski definition) is 1. The van der Waals surface area contributed by atoms with Crippen molar-refractivity contribution in [3.8, 4) is 0 Å². The molecule has 1 aromatic rings. The molecule has 18 heavy (non-hydrogen) atoms. The Balaban J connectivity index is 0.00000120. The van der Waals surface area contributed by atoms with Crippen LogP contribution in [-0.4, -0.2) is 13.1 Å². The topological polar surface area (TPSA) is 12.0 Å². The van der Waals surface area contributed by atoms with E-state index in [1.54, 1.807) is 22.3 Å². The van der Waals surface area contributed by atoms with Crippen LogP contribution in [0, 0.1) is 5.41 Å². The zero-order valence-corrected chi connectivity index (χ0v) is 11.1. The van der Waals surface area contributed by atoms with Gasteiger partial charge in [-0.1, -0.05) is 33.4 Å². The van der Waals surface area contributed by atoms with Crippen LogP contribution in [0.3, 0.4) is 0 Å². The zero-order valence-electron chi connectivity index (χ0n) is 11.1. The van der Waals surface area contributed by atoms with Gasteiger partial charge in [-0.05, 0) is 72.9 Å². The minimum absolute atomic E-state index is 0. The molecule has 1 aliphatic carbocycles. The summed E-state index contributed by atoms with van der Waals surface area (Å²) < 4.78 is 0. The molecule has 0 bridgehead atoms. The first kappa shape index (κ1) is 13.6. The van der Waals surface area contributed by atoms with Gasteiger partial charge in [-0.15, -0.1) is 0 Å². The summed E-state index contributed by atoms with van der Waals surface area (Å²) in [6, 6.07) is 5.02. The zero-order chi connectivity index (χ0) is 11.9. The van der Waals surface area contributed by atoms with Crippen LogP contribution in [0.1, 0.15) is 49.9 Å². The molecule has 2 aliphatic rings. The molecule has 0 aromatic heterocycles. The van der Waals surface area contributed by atoms with E-state index in [2.05, 4.69) is 31.3 Å². The van der Waals surface area contributed by atoms with Crippen molar-refractivity contribution in [3.05, 3.63) is 34.4 Å². The highest BCUT2D eigenvalue weighted by molar-refractivity contribution is 5.41. The molecule has 1 aromatic carbocycles. The van der Waals surface area contributed by atoms with Crippen molar-refractivity contribution < 1.29 is 0 Å². The molecule has 1 heteroatoms. The first-order valence-electron chi connectivity index (χ1n) is 6.98. The second kappa shape index (κ2) is 5.05. The lowest BCUT2D eigenvalue weighted by Crippen LogP contribution is -2.22. The maximum Gasteiger partial charge on any atom is -0.000812 e. The number of hydrogen-bond donors (Lipinski definition) is 1. The average Bonchev–Trinajstić information content (AvgIpc) is 2.49. The first-order chi connectivity index (χ1) is 8.14. The Morgan fingerprint density at radius 2 is 1.44 bits per heavy atom. The third-order valence-corrected chi connectivity index (χ3v) is 4.40. The normalized spacial score (nSPS) is 21.2. The third kappa shape index (κ3) is 2.61. The summed E-state index contributed by atoms with van der Waals surface area (Å²) in [5, 5.41) is 3.50. The second-order valence-corrected chi connectivity index (χ2v) is 6.48. The van der Waals surface area contributed by atoms with Crippen LogP contribution in [0.2, 0.25) is 0 Å². The molecule has 0 unspecified atom stereocenters. The predicted molar refractivity (Wildman–Crippen MR) is 79.3 cm³/mol. The smallest absolute Gasteiger partial charge is 0.000812 e. The maximum absolute atomic E-state index is 3.50. The molecular weight excluding hydrogens is 218 g/mol. The molecule has 0 spiro atoms. The summed E-state index contributed by atoms with van der Waals surface area (Å²) >= 11 is 0. The molecule has 1 heterocycles. The van der Waals surface area contributed by atoms with Crippen LogP contribution in [0.15, 0.2) is 12.1 Å².